The van der Waals surface area contributed by atoms with E-state index in [1.54, 1.807) is 18.2 Å². The van der Waals surface area contributed by atoms with Crippen molar-refractivity contribution in [1.29, 1.82) is 0 Å². The molecule has 1 unspecified atom stereocenters. The van der Waals surface area contributed by atoms with E-state index in [1.807, 2.05) is 6.07 Å². The molecule has 1 N–H and O–H groups in total. The van der Waals surface area contributed by atoms with Gasteiger partial charge in [0.2, 0.25) is 0 Å². The van der Waals surface area contributed by atoms with Gasteiger partial charge in [0.15, 0.2) is 11.6 Å². The van der Waals surface area contributed by atoms with Crippen molar-refractivity contribution in [2.75, 3.05) is 13.2 Å². The van der Waals surface area contributed by atoms with Gasteiger partial charge in [-0.2, -0.15) is 0 Å². The molecular weight excluding hydrogens is 410 g/mol. The van der Waals surface area contributed by atoms with Crippen molar-refractivity contribution in [3.63, 3.8) is 0 Å². The topological polar surface area (TPSA) is 58.6 Å². The summed E-state index contributed by atoms with van der Waals surface area (Å²) in [5.74, 6) is -2.06. The van der Waals surface area contributed by atoms with Crippen LogP contribution in [0.4, 0.5) is 13.6 Å². The first-order chi connectivity index (χ1) is 12.3. The van der Waals surface area contributed by atoms with Crippen LogP contribution in [-0.2, 0) is 10.3 Å². The zero-order valence-corrected chi connectivity index (χ0v) is 15.3. The number of imide groups is 1. The van der Waals surface area contributed by atoms with Crippen molar-refractivity contribution in [2.24, 2.45) is 0 Å². The molecule has 0 radical (unpaired) electrons. The standard InChI is InChI=1S/C18H15BrF2N2O3/c1-18(11-5-6-14(20)15(21)9-11)16(24)23(17(25)22-18)7-8-26-13-4-2-3-12(19)10-13/h2-6,9-10H,7-8H2,1H3,(H,22,25). The number of nitrogens with zero attached hydrogens (tertiary/aromatic N) is 1. The zero-order chi connectivity index (χ0) is 18.9. The smallest absolute Gasteiger partial charge is 0.325 e. The largest absolute Gasteiger partial charge is 0.492 e. The zero-order valence-electron chi connectivity index (χ0n) is 13.8. The van der Waals surface area contributed by atoms with E-state index in [9.17, 15) is 18.4 Å². The van der Waals surface area contributed by atoms with E-state index in [1.165, 1.54) is 13.0 Å². The lowest BCUT2D eigenvalue weighted by Gasteiger charge is -2.22. The summed E-state index contributed by atoms with van der Waals surface area (Å²) in [7, 11) is 0. The molecule has 0 aliphatic carbocycles. The van der Waals surface area contributed by atoms with Crippen molar-refractivity contribution in [2.45, 2.75) is 12.5 Å². The van der Waals surface area contributed by atoms with Crippen LogP contribution in [0.1, 0.15) is 12.5 Å². The molecule has 1 aliphatic rings. The lowest BCUT2D eigenvalue weighted by Crippen LogP contribution is -2.41. The van der Waals surface area contributed by atoms with Crippen LogP contribution in [0.25, 0.3) is 0 Å². The van der Waals surface area contributed by atoms with Crippen LogP contribution in [-0.4, -0.2) is 30.0 Å². The summed E-state index contributed by atoms with van der Waals surface area (Å²) in [4.78, 5) is 25.9. The van der Waals surface area contributed by atoms with Gasteiger partial charge >= 0.3 is 6.03 Å². The van der Waals surface area contributed by atoms with E-state index >= 15 is 0 Å². The fourth-order valence-corrected chi connectivity index (χ4v) is 3.09. The predicted molar refractivity (Wildman–Crippen MR) is 93.6 cm³/mol. The molecule has 1 aliphatic heterocycles. The maximum atomic E-state index is 13.5. The molecule has 1 atom stereocenters. The van der Waals surface area contributed by atoms with Gasteiger partial charge in [-0.3, -0.25) is 9.69 Å². The van der Waals surface area contributed by atoms with Gasteiger partial charge in [0.05, 0.1) is 6.54 Å². The Balaban J connectivity index is 1.71. The predicted octanol–water partition coefficient (Wildman–Crippen LogP) is 3.57. The molecule has 1 heterocycles. The van der Waals surface area contributed by atoms with E-state index in [0.717, 1.165) is 21.5 Å². The van der Waals surface area contributed by atoms with Crippen molar-refractivity contribution in [3.05, 3.63) is 64.1 Å². The average molecular weight is 425 g/mol. The average Bonchev–Trinajstić information content (AvgIpc) is 2.81. The highest BCUT2D eigenvalue weighted by molar-refractivity contribution is 9.10. The Labute approximate surface area is 157 Å². The second kappa shape index (κ2) is 7.03. The van der Waals surface area contributed by atoms with Crippen LogP contribution in [0, 0.1) is 11.6 Å². The highest BCUT2D eigenvalue weighted by Gasteiger charge is 2.49. The van der Waals surface area contributed by atoms with Crippen LogP contribution in [0.2, 0.25) is 0 Å². The fourth-order valence-electron chi connectivity index (χ4n) is 2.71. The summed E-state index contributed by atoms with van der Waals surface area (Å²) >= 11 is 3.33. The van der Waals surface area contributed by atoms with Gasteiger partial charge in [-0.1, -0.05) is 28.1 Å². The first-order valence-corrected chi connectivity index (χ1v) is 8.58. The molecule has 3 amide bonds. The van der Waals surface area contributed by atoms with Gasteiger partial charge in [0.25, 0.3) is 5.91 Å². The van der Waals surface area contributed by atoms with Crippen molar-refractivity contribution in [1.82, 2.24) is 10.2 Å². The summed E-state index contributed by atoms with van der Waals surface area (Å²) < 4.78 is 33.0. The third-order valence-corrected chi connectivity index (χ3v) is 4.64. The molecular formula is C18H15BrF2N2O3. The van der Waals surface area contributed by atoms with E-state index in [-0.39, 0.29) is 18.7 Å². The monoisotopic (exact) mass is 424 g/mol. The highest BCUT2D eigenvalue weighted by atomic mass is 79.9. The number of hydrogen-bond donors (Lipinski definition) is 1. The number of benzene rings is 2. The number of ether oxygens (including phenoxy) is 1. The lowest BCUT2D eigenvalue weighted by molar-refractivity contribution is -0.131. The second-order valence-electron chi connectivity index (χ2n) is 5.95. The number of amides is 3. The summed E-state index contributed by atoms with van der Waals surface area (Å²) in [5, 5.41) is 2.54. The Hall–Kier alpha value is -2.48. The molecule has 2 aromatic carbocycles. The van der Waals surface area contributed by atoms with Gasteiger partial charge in [-0.05, 0) is 42.8 Å². The van der Waals surface area contributed by atoms with E-state index in [2.05, 4.69) is 21.2 Å². The van der Waals surface area contributed by atoms with Crippen LogP contribution in [0.5, 0.6) is 5.75 Å². The Morgan fingerprint density at radius 3 is 2.62 bits per heavy atom. The first-order valence-electron chi connectivity index (χ1n) is 7.79. The van der Waals surface area contributed by atoms with Gasteiger partial charge in [-0.15, -0.1) is 0 Å². The fraction of sp³-hybridized carbons (Fsp3) is 0.222. The number of urea groups is 1. The summed E-state index contributed by atoms with van der Waals surface area (Å²) in [6.07, 6.45) is 0. The van der Waals surface area contributed by atoms with Gasteiger partial charge in [0.1, 0.15) is 17.9 Å². The lowest BCUT2D eigenvalue weighted by atomic mass is 9.92. The molecule has 3 rings (SSSR count). The van der Waals surface area contributed by atoms with E-state index in [0.29, 0.717) is 5.75 Å². The summed E-state index contributed by atoms with van der Waals surface area (Å²) in [5.41, 5.74) is -1.29. The molecule has 0 bridgehead atoms. The minimum atomic E-state index is -1.46. The van der Waals surface area contributed by atoms with Gasteiger partial charge < -0.3 is 10.1 Å². The molecule has 5 nitrogen and oxygen atoms in total. The van der Waals surface area contributed by atoms with Crippen LogP contribution >= 0.6 is 15.9 Å². The molecule has 2 aromatic rings. The maximum Gasteiger partial charge on any atom is 0.325 e. The Bertz CT molecular complexity index is 877. The van der Waals surface area contributed by atoms with Crippen LogP contribution < -0.4 is 10.1 Å². The summed E-state index contributed by atoms with van der Waals surface area (Å²) in [6, 6.07) is 9.66. The Kier molecular flexibility index (Phi) is 4.95. The number of nitrogens with one attached hydrogen (secondary N) is 1. The van der Waals surface area contributed by atoms with Crippen molar-refractivity contribution in [3.8, 4) is 5.75 Å². The highest BCUT2D eigenvalue weighted by Crippen LogP contribution is 2.29. The third kappa shape index (κ3) is 3.41. The normalized spacial score (nSPS) is 19.6. The third-order valence-electron chi connectivity index (χ3n) is 4.15. The van der Waals surface area contributed by atoms with Gasteiger partial charge in [-0.25, -0.2) is 13.6 Å². The molecule has 0 spiro atoms. The molecule has 0 aromatic heterocycles. The van der Waals surface area contributed by atoms with Gasteiger partial charge in [0, 0.05) is 4.47 Å². The van der Waals surface area contributed by atoms with Crippen molar-refractivity contribution < 1.29 is 23.1 Å². The summed E-state index contributed by atoms with van der Waals surface area (Å²) in [6.45, 7) is 1.58. The molecule has 1 fully saturated rings. The van der Waals surface area contributed by atoms with Crippen LogP contribution in [0.3, 0.4) is 0 Å². The molecule has 26 heavy (non-hydrogen) atoms. The van der Waals surface area contributed by atoms with E-state index in [4.69, 9.17) is 4.74 Å². The SMILES string of the molecule is CC1(c2ccc(F)c(F)c2)NC(=O)N(CCOc2cccc(Br)c2)C1=O. The Morgan fingerprint density at radius 2 is 1.92 bits per heavy atom. The maximum absolute atomic E-state index is 13.5. The van der Waals surface area contributed by atoms with Crippen LogP contribution in [0.15, 0.2) is 46.9 Å². The Morgan fingerprint density at radius 1 is 1.15 bits per heavy atom. The minimum absolute atomic E-state index is 0.0243. The molecule has 0 saturated carbocycles. The van der Waals surface area contributed by atoms with Crippen molar-refractivity contribution >= 4 is 27.9 Å². The minimum Gasteiger partial charge on any atom is -0.492 e. The quantitative estimate of drug-likeness (QED) is 0.746. The number of rotatable bonds is 5. The number of carbonyl (C=O) groups is 2. The number of halogens is 3. The molecule has 8 heteroatoms. The molecule has 1 saturated heterocycles. The molecule has 136 valence electrons. The number of hydrogen-bond acceptors (Lipinski definition) is 3. The first kappa shape index (κ1) is 18.3. The second-order valence-corrected chi connectivity index (χ2v) is 6.86. The number of carbonyl (C=O) groups excluding carboxylic acids is 2. The van der Waals surface area contributed by atoms with E-state index < -0.39 is 29.1 Å².